The van der Waals surface area contributed by atoms with Crippen LogP contribution in [0.15, 0.2) is 48.8 Å². The van der Waals surface area contributed by atoms with Crippen LogP contribution in [-0.4, -0.2) is 9.55 Å². The number of pyridine rings is 1. The van der Waals surface area contributed by atoms with E-state index in [1.807, 2.05) is 12.4 Å². The number of hydrogen-bond acceptors (Lipinski definition) is 1. The molecule has 0 bridgehead atoms. The second kappa shape index (κ2) is 5.03. The summed E-state index contributed by atoms with van der Waals surface area (Å²) in [5.74, 6) is 0. The van der Waals surface area contributed by atoms with Crippen LogP contribution >= 0.6 is 0 Å². The molecule has 0 saturated heterocycles. The van der Waals surface area contributed by atoms with Crippen molar-refractivity contribution in [3.63, 3.8) is 0 Å². The fourth-order valence-electron chi connectivity index (χ4n) is 3.24. The van der Waals surface area contributed by atoms with Crippen molar-refractivity contribution >= 4 is 10.9 Å². The Morgan fingerprint density at radius 1 is 1.05 bits per heavy atom. The van der Waals surface area contributed by atoms with Crippen molar-refractivity contribution in [1.29, 1.82) is 0 Å². The number of aromatic nitrogens is 2. The minimum atomic E-state index is 0.131. The van der Waals surface area contributed by atoms with Gasteiger partial charge in [-0.05, 0) is 29.5 Å². The van der Waals surface area contributed by atoms with E-state index in [2.05, 4.69) is 73.6 Å². The van der Waals surface area contributed by atoms with Gasteiger partial charge in [0.15, 0.2) is 0 Å². The Kier molecular flexibility index (Phi) is 3.32. The largest absolute Gasteiger partial charge is 0.339 e. The first-order chi connectivity index (χ1) is 9.98. The van der Waals surface area contributed by atoms with Crippen LogP contribution in [0.2, 0.25) is 0 Å². The molecular weight excluding hydrogens is 256 g/mol. The fourth-order valence-corrected chi connectivity index (χ4v) is 3.24. The minimum Gasteiger partial charge on any atom is -0.339 e. The summed E-state index contributed by atoms with van der Waals surface area (Å²) in [6.07, 6.45) is 3.88. The average molecular weight is 278 g/mol. The molecule has 0 amide bonds. The number of rotatable bonds is 2. The van der Waals surface area contributed by atoms with Crippen LogP contribution in [0.1, 0.15) is 37.6 Å². The standard InChI is InChI=1S/C19H22N2/c1-14-18(19(2,3)4)16-10-11-20-12-17(16)21(14)13-15-8-6-5-7-9-15/h5-12H,13H2,1-4H3. The molecule has 2 heterocycles. The predicted molar refractivity (Wildman–Crippen MR) is 88.7 cm³/mol. The lowest BCUT2D eigenvalue weighted by molar-refractivity contribution is 0.585. The molecule has 0 atom stereocenters. The van der Waals surface area contributed by atoms with E-state index in [0.29, 0.717) is 0 Å². The molecule has 3 rings (SSSR count). The van der Waals surface area contributed by atoms with E-state index in [4.69, 9.17) is 0 Å². The van der Waals surface area contributed by atoms with Gasteiger partial charge in [-0.2, -0.15) is 0 Å². The van der Waals surface area contributed by atoms with Gasteiger partial charge in [0.2, 0.25) is 0 Å². The summed E-state index contributed by atoms with van der Waals surface area (Å²) in [5.41, 5.74) is 5.45. The Hall–Kier alpha value is -2.09. The smallest absolute Gasteiger partial charge is 0.0675 e. The third-order valence-electron chi connectivity index (χ3n) is 4.06. The normalized spacial score (nSPS) is 12.0. The summed E-state index contributed by atoms with van der Waals surface area (Å²) >= 11 is 0. The Morgan fingerprint density at radius 2 is 1.76 bits per heavy atom. The maximum atomic E-state index is 4.33. The lowest BCUT2D eigenvalue weighted by atomic mass is 9.85. The van der Waals surface area contributed by atoms with Gasteiger partial charge in [-0.15, -0.1) is 0 Å². The van der Waals surface area contributed by atoms with Crippen molar-refractivity contribution in [2.45, 2.75) is 39.7 Å². The molecule has 2 heteroatoms. The number of nitrogens with zero attached hydrogens (tertiary/aromatic N) is 2. The van der Waals surface area contributed by atoms with Gasteiger partial charge in [0.05, 0.1) is 11.7 Å². The zero-order chi connectivity index (χ0) is 15.0. The molecule has 0 radical (unpaired) electrons. The molecular formula is C19H22N2. The van der Waals surface area contributed by atoms with Crippen molar-refractivity contribution < 1.29 is 0 Å². The van der Waals surface area contributed by atoms with Crippen molar-refractivity contribution in [3.05, 3.63) is 65.6 Å². The highest BCUT2D eigenvalue weighted by Gasteiger charge is 2.24. The topological polar surface area (TPSA) is 17.8 Å². The monoisotopic (exact) mass is 278 g/mol. The summed E-state index contributed by atoms with van der Waals surface area (Å²) in [4.78, 5) is 4.33. The molecule has 0 aliphatic carbocycles. The molecule has 0 N–H and O–H groups in total. The van der Waals surface area contributed by atoms with E-state index in [-0.39, 0.29) is 5.41 Å². The SMILES string of the molecule is Cc1c(C(C)(C)C)c2ccncc2n1Cc1ccccc1. The molecule has 0 unspecified atom stereocenters. The Bertz CT molecular complexity index is 761. The molecule has 0 fully saturated rings. The summed E-state index contributed by atoms with van der Waals surface area (Å²) in [5, 5.41) is 1.32. The van der Waals surface area contributed by atoms with Crippen LogP contribution in [-0.2, 0) is 12.0 Å². The molecule has 2 aromatic heterocycles. The van der Waals surface area contributed by atoms with Crippen LogP contribution in [0, 0.1) is 6.92 Å². The van der Waals surface area contributed by atoms with Gasteiger partial charge in [0.1, 0.15) is 0 Å². The van der Waals surface area contributed by atoms with Crippen molar-refractivity contribution in [2.24, 2.45) is 0 Å². The van der Waals surface area contributed by atoms with E-state index in [0.717, 1.165) is 6.54 Å². The van der Waals surface area contributed by atoms with Gasteiger partial charge in [-0.25, -0.2) is 0 Å². The van der Waals surface area contributed by atoms with Crippen LogP contribution in [0.3, 0.4) is 0 Å². The Morgan fingerprint density at radius 3 is 2.43 bits per heavy atom. The lowest BCUT2D eigenvalue weighted by Crippen LogP contribution is -2.13. The van der Waals surface area contributed by atoms with Gasteiger partial charge in [-0.1, -0.05) is 51.1 Å². The molecule has 108 valence electrons. The van der Waals surface area contributed by atoms with Crippen LogP contribution in [0.4, 0.5) is 0 Å². The molecule has 21 heavy (non-hydrogen) atoms. The van der Waals surface area contributed by atoms with E-state index in [1.54, 1.807) is 0 Å². The Labute approximate surface area is 126 Å². The van der Waals surface area contributed by atoms with Gasteiger partial charge < -0.3 is 4.57 Å². The molecule has 3 aromatic rings. The summed E-state index contributed by atoms with van der Waals surface area (Å²) in [6.45, 7) is 9.96. The van der Waals surface area contributed by atoms with Crippen LogP contribution in [0.5, 0.6) is 0 Å². The van der Waals surface area contributed by atoms with Gasteiger partial charge in [0.25, 0.3) is 0 Å². The molecule has 0 spiro atoms. The van der Waals surface area contributed by atoms with Gasteiger partial charge in [0, 0.05) is 23.8 Å². The van der Waals surface area contributed by atoms with Crippen molar-refractivity contribution in [3.8, 4) is 0 Å². The highest BCUT2D eigenvalue weighted by atomic mass is 15.0. The average Bonchev–Trinajstić information content (AvgIpc) is 2.73. The molecule has 2 nitrogen and oxygen atoms in total. The summed E-state index contributed by atoms with van der Waals surface area (Å²) in [6, 6.07) is 12.8. The molecule has 0 aliphatic heterocycles. The highest BCUT2D eigenvalue weighted by Crippen LogP contribution is 2.35. The summed E-state index contributed by atoms with van der Waals surface area (Å²) < 4.78 is 2.39. The van der Waals surface area contributed by atoms with E-state index < -0.39 is 0 Å². The third-order valence-corrected chi connectivity index (χ3v) is 4.06. The third kappa shape index (κ3) is 2.46. The second-order valence-electron chi connectivity index (χ2n) is 6.67. The first-order valence-electron chi connectivity index (χ1n) is 7.45. The zero-order valence-corrected chi connectivity index (χ0v) is 13.2. The van der Waals surface area contributed by atoms with Gasteiger partial charge in [-0.3, -0.25) is 4.98 Å². The van der Waals surface area contributed by atoms with E-state index in [9.17, 15) is 0 Å². The number of fused-ring (bicyclic) bond motifs is 1. The van der Waals surface area contributed by atoms with Gasteiger partial charge >= 0.3 is 0 Å². The number of hydrogen-bond donors (Lipinski definition) is 0. The molecule has 1 aromatic carbocycles. The number of benzene rings is 1. The molecule has 0 saturated carbocycles. The predicted octanol–water partition coefficient (Wildman–Crippen LogP) is 4.69. The van der Waals surface area contributed by atoms with Crippen LogP contribution < -0.4 is 0 Å². The first kappa shape index (κ1) is 13.9. The lowest BCUT2D eigenvalue weighted by Gasteiger charge is -2.20. The van der Waals surface area contributed by atoms with Crippen molar-refractivity contribution in [1.82, 2.24) is 9.55 Å². The zero-order valence-electron chi connectivity index (χ0n) is 13.2. The second-order valence-corrected chi connectivity index (χ2v) is 6.67. The Balaban J connectivity index is 2.21. The van der Waals surface area contributed by atoms with E-state index >= 15 is 0 Å². The summed E-state index contributed by atoms with van der Waals surface area (Å²) in [7, 11) is 0. The first-order valence-corrected chi connectivity index (χ1v) is 7.45. The van der Waals surface area contributed by atoms with Crippen LogP contribution in [0.25, 0.3) is 10.9 Å². The maximum absolute atomic E-state index is 4.33. The quantitative estimate of drug-likeness (QED) is 0.665. The van der Waals surface area contributed by atoms with E-state index in [1.165, 1.54) is 27.7 Å². The maximum Gasteiger partial charge on any atom is 0.0675 e. The highest BCUT2D eigenvalue weighted by molar-refractivity contribution is 5.85. The fraction of sp³-hybridized carbons (Fsp3) is 0.316. The minimum absolute atomic E-state index is 0.131. The van der Waals surface area contributed by atoms with Crippen molar-refractivity contribution in [2.75, 3.05) is 0 Å². The molecule has 0 aliphatic rings.